The number of hydrogen-bond donors (Lipinski definition) is 2. The van der Waals surface area contributed by atoms with E-state index in [4.69, 9.17) is 16.3 Å². The number of pyridine rings is 1. The van der Waals surface area contributed by atoms with Gasteiger partial charge in [0, 0.05) is 33.0 Å². The monoisotopic (exact) mass is 633 g/mol. The van der Waals surface area contributed by atoms with Crippen molar-refractivity contribution < 1.29 is 23.1 Å². The third-order valence-corrected chi connectivity index (χ3v) is 7.67. The maximum Gasteiger partial charge on any atom is 0.240 e. The predicted octanol–water partition coefficient (Wildman–Crippen LogP) is 7.23. The summed E-state index contributed by atoms with van der Waals surface area (Å²) in [5, 5.41) is 5.95. The Morgan fingerprint density at radius 2 is 1.70 bits per heavy atom. The second-order valence-corrected chi connectivity index (χ2v) is 10.4. The molecular formula is C27H19ClF2IN3O3. The molecule has 1 aliphatic rings. The van der Waals surface area contributed by atoms with Gasteiger partial charge in [-0.05, 0) is 90.4 Å². The molecule has 4 aromatic rings. The van der Waals surface area contributed by atoms with E-state index in [9.17, 15) is 14.0 Å². The van der Waals surface area contributed by atoms with Crippen LogP contribution in [0.25, 0.3) is 10.9 Å². The number of amides is 2. The number of nitrogens with zero attached hydrogens (tertiary/aromatic N) is 1. The number of halogens is 4. The van der Waals surface area contributed by atoms with Crippen molar-refractivity contribution >= 4 is 68.3 Å². The second kappa shape index (κ2) is 9.86. The molecule has 0 atom stereocenters. The standard InChI is InChI=1S/C27H19ClF2IN3O3/c1-14-10-17-21(13-20(14)31)32-9-6-23(17)37-24-11-18(28)22(12-19(24)30)34-26(36)27(7-8-27)25(35)33-16-4-2-15(29)3-5-16/h2-6,9-13H,7-8H2,1H3,(H,33,35)(H,34,36). The highest BCUT2D eigenvalue weighted by molar-refractivity contribution is 14.1. The SMILES string of the molecule is Cc1cc2c(Oc3cc(Cl)c(NC(=O)C4(C(=O)Nc5ccc(F)cc5)CC4)cc3F)ccnc2cc1I. The van der Waals surface area contributed by atoms with Crippen molar-refractivity contribution in [3.8, 4) is 11.5 Å². The van der Waals surface area contributed by atoms with Gasteiger partial charge in [-0.3, -0.25) is 14.6 Å². The summed E-state index contributed by atoms with van der Waals surface area (Å²) in [6.45, 7) is 1.96. The highest BCUT2D eigenvalue weighted by atomic mass is 127. The molecule has 0 spiro atoms. The van der Waals surface area contributed by atoms with Gasteiger partial charge < -0.3 is 15.4 Å². The van der Waals surface area contributed by atoms with Gasteiger partial charge in [-0.15, -0.1) is 0 Å². The van der Waals surface area contributed by atoms with Crippen LogP contribution in [0.2, 0.25) is 5.02 Å². The van der Waals surface area contributed by atoms with Crippen molar-refractivity contribution in [3.63, 3.8) is 0 Å². The van der Waals surface area contributed by atoms with Crippen LogP contribution in [0.15, 0.2) is 60.8 Å². The minimum absolute atomic E-state index is 0.0161. The van der Waals surface area contributed by atoms with Gasteiger partial charge in [0.05, 0.1) is 16.2 Å². The van der Waals surface area contributed by atoms with Gasteiger partial charge in [-0.25, -0.2) is 8.78 Å². The highest BCUT2D eigenvalue weighted by Crippen LogP contribution is 2.48. The van der Waals surface area contributed by atoms with Crippen molar-refractivity contribution in [1.82, 2.24) is 4.98 Å². The molecule has 3 aromatic carbocycles. The molecule has 37 heavy (non-hydrogen) atoms. The normalized spacial score (nSPS) is 13.8. The van der Waals surface area contributed by atoms with Gasteiger partial charge in [-0.1, -0.05) is 11.6 Å². The molecule has 2 N–H and O–H groups in total. The van der Waals surface area contributed by atoms with E-state index in [1.165, 1.54) is 30.3 Å². The van der Waals surface area contributed by atoms with Crippen LogP contribution < -0.4 is 15.4 Å². The Bertz CT molecular complexity index is 1560. The number of carbonyl (C=O) groups excluding carboxylic acids is 2. The quantitative estimate of drug-likeness (QED) is 0.174. The summed E-state index contributed by atoms with van der Waals surface area (Å²) in [6, 6.07) is 13.0. The summed E-state index contributed by atoms with van der Waals surface area (Å²) in [4.78, 5) is 30.1. The Morgan fingerprint density at radius 3 is 2.41 bits per heavy atom. The van der Waals surface area contributed by atoms with E-state index in [-0.39, 0.29) is 16.5 Å². The Kier molecular flexibility index (Phi) is 6.76. The summed E-state index contributed by atoms with van der Waals surface area (Å²) >= 11 is 8.58. The largest absolute Gasteiger partial charge is 0.453 e. The average molecular weight is 634 g/mol. The predicted molar refractivity (Wildman–Crippen MR) is 146 cm³/mol. The molecule has 0 radical (unpaired) electrons. The fraction of sp³-hybridized carbons (Fsp3) is 0.148. The highest BCUT2D eigenvalue weighted by Gasteiger charge is 2.56. The van der Waals surface area contributed by atoms with Crippen molar-refractivity contribution in [2.75, 3.05) is 10.6 Å². The van der Waals surface area contributed by atoms with E-state index >= 15 is 4.39 Å². The summed E-state index contributed by atoms with van der Waals surface area (Å²) in [7, 11) is 0. The molecule has 5 rings (SSSR count). The second-order valence-electron chi connectivity index (χ2n) is 8.79. The zero-order valence-electron chi connectivity index (χ0n) is 19.4. The first-order valence-electron chi connectivity index (χ1n) is 11.3. The van der Waals surface area contributed by atoms with Crippen LogP contribution >= 0.6 is 34.2 Å². The molecular weight excluding hydrogens is 615 g/mol. The summed E-state index contributed by atoms with van der Waals surface area (Å²) < 4.78 is 35.1. The van der Waals surface area contributed by atoms with Gasteiger partial charge in [-0.2, -0.15) is 0 Å². The first-order valence-corrected chi connectivity index (χ1v) is 12.7. The topological polar surface area (TPSA) is 80.3 Å². The molecule has 0 saturated heterocycles. The van der Waals surface area contributed by atoms with E-state index in [1.807, 2.05) is 19.1 Å². The molecule has 188 valence electrons. The molecule has 0 unspecified atom stereocenters. The third kappa shape index (κ3) is 5.10. The van der Waals surface area contributed by atoms with Crippen molar-refractivity contribution in [2.24, 2.45) is 5.41 Å². The molecule has 0 bridgehead atoms. The lowest BCUT2D eigenvalue weighted by atomic mass is 10.0. The maximum absolute atomic E-state index is 15.0. The minimum Gasteiger partial charge on any atom is -0.453 e. The lowest BCUT2D eigenvalue weighted by molar-refractivity contribution is -0.131. The zero-order valence-corrected chi connectivity index (χ0v) is 22.3. The summed E-state index contributed by atoms with van der Waals surface area (Å²) in [5.74, 6) is -2.03. The number of fused-ring (bicyclic) bond motifs is 1. The third-order valence-electron chi connectivity index (χ3n) is 6.19. The van der Waals surface area contributed by atoms with E-state index < -0.39 is 28.9 Å². The molecule has 1 fully saturated rings. The Morgan fingerprint density at radius 1 is 1.00 bits per heavy atom. The lowest BCUT2D eigenvalue weighted by Crippen LogP contribution is -2.35. The first-order chi connectivity index (χ1) is 17.7. The van der Waals surface area contributed by atoms with E-state index in [0.717, 1.165) is 20.6 Å². The zero-order chi connectivity index (χ0) is 26.3. The fourth-order valence-electron chi connectivity index (χ4n) is 3.87. The number of aromatic nitrogens is 1. The van der Waals surface area contributed by atoms with Crippen LogP contribution in [0.3, 0.4) is 0 Å². The molecule has 10 heteroatoms. The Labute approximate surface area is 229 Å². The molecule has 2 amide bonds. The van der Waals surface area contributed by atoms with Crippen LogP contribution in [0.4, 0.5) is 20.2 Å². The number of anilines is 2. The number of ether oxygens (including phenoxy) is 1. The number of hydrogen-bond acceptors (Lipinski definition) is 4. The van der Waals surface area contributed by atoms with Gasteiger partial charge >= 0.3 is 0 Å². The van der Waals surface area contributed by atoms with Gasteiger partial charge in [0.1, 0.15) is 17.0 Å². The number of rotatable bonds is 6. The van der Waals surface area contributed by atoms with Gasteiger partial charge in [0.15, 0.2) is 11.6 Å². The number of nitrogens with one attached hydrogen (secondary N) is 2. The van der Waals surface area contributed by atoms with Crippen molar-refractivity contribution in [1.29, 1.82) is 0 Å². The summed E-state index contributed by atoms with van der Waals surface area (Å²) in [6.07, 6.45) is 2.21. The van der Waals surface area contributed by atoms with E-state index in [1.54, 1.807) is 12.3 Å². The first kappa shape index (κ1) is 25.3. The number of carbonyl (C=O) groups is 2. The molecule has 1 saturated carbocycles. The lowest BCUT2D eigenvalue weighted by Gasteiger charge is -2.17. The van der Waals surface area contributed by atoms with Crippen LogP contribution in [0, 0.1) is 27.5 Å². The number of benzene rings is 3. The molecule has 1 aliphatic carbocycles. The Hall–Kier alpha value is -3.31. The van der Waals surface area contributed by atoms with Crippen LogP contribution in [0.5, 0.6) is 11.5 Å². The summed E-state index contributed by atoms with van der Waals surface area (Å²) in [5.41, 5.74) is 0.804. The molecule has 1 heterocycles. The van der Waals surface area contributed by atoms with E-state index in [2.05, 4.69) is 38.2 Å². The average Bonchev–Trinajstić information content (AvgIpc) is 3.67. The number of aryl methyl sites for hydroxylation is 1. The van der Waals surface area contributed by atoms with Crippen LogP contribution in [-0.2, 0) is 9.59 Å². The van der Waals surface area contributed by atoms with Gasteiger partial charge in [0.2, 0.25) is 11.8 Å². The van der Waals surface area contributed by atoms with Gasteiger partial charge in [0.25, 0.3) is 0 Å². The van der Waals surface area contributed by atoms with Crippen molar-refractivity contribution in [2.45, 2.75) is 19.8 Å². The maximum atomic E-state index is 15.0. The Balaban J connectivity index is 1.34. The fourth-order valence-corrected chi connectivity index (χ4v) is 4.52. The molecule has 0 aliphatic heterocycles. The van der Waals surface area contributed by atoms with Crippen molar-refractivity contribution in [3.05, 3.63) is 86.6 Å². The smallest absolute Gasteiger partial charge is 0.240 e. The molecule has 1 aromatic heterocycles. The van der Waals surface area contributed by atoms with E-state index in [0.29, 0.717) is 29.8 Å². The minimum atomic E-state index is -1.31. The van der Waals surface area contributed by atoms with Crippen LogP contribution in [-0.4, -0.2) is 16.8 Å². The van der Waals surface area contributed by atoms with Crippen LogP contribution in [0.1, 0.15) is 18.4 Å². The molecule has 6 nitrogen and oxygen atoms in total.